The van der Waals surface area contributed by atoms with Gasteiger partial charge in [0.1, 0.15) is 11.6 Å². The summed E-state index contributed by atoms with van der Waals surface area (Å²) in [5, 5.41) is 2.97. The summed E-state index contributed by atoms with van der Waals surface area (Å²) in [5.74, 6) is 0.509. The van der Waals surface area contributed by atoms with E-state index < -0.39 is 0 Å². The molecule has 0 fully saturated rings. The Morgan fingerprint density at radius 1 is 1.50 bits per heavy atom. The number of hydrogen-bond acceptors (Lipinski definition) is 3. The van der Waals surface area contributed by atoms with Gasteiger partial charge < -0.3 is 14.8 Å². The fourth-order valence-corrected chi connectivity index (χ4v) is 1.58. The molecular formula is C10H12FNO2. The second-order valence-electron chi connectivity index (χ2n) is 3.19. The first-order valence-electron chi connectivity index (χ1n) is 4.47. The Labute approximate surface area is 81.8 Å². The van der Waals surface area contributed by atoms with Crippen LogP contribution in [0.4, 0.5) is 4.39 Å². The van der Waals surface area contributed by atoms with Crippen LogP contribution in [0.15, 0.2) is 12.1 Å². The molecule has 0 aromatic heterocycles. The van der Waals surface area contributed by atoms with Gasteiger partial charge in [-0.2, -0.15) is 0 Å². The number of ether oxygens (including phenoxy) is 2. The highest BCUT2D eigenvalue weighted by Crippen LogP contribution is 2.29. The van der Waals surface area contributed by atoms with Crippen molar-refractivity contribution in [3.05, 3.63) is 29.1 Å². The maximum Gasteiger partial charge on any atom is 0.189 e. The van der Waals surface area contributed by atoms with Crippen LogP contribution < -0.4 is 10.1 Å². The van der Waals surface area contributed by atoms with Gasteiger partial charge in [0.2, 0.25) is 0 Å². The number of nitrogens with one attached hydrogen (secondary N) is 1. The molecule has 14 heavy (non-hydrogen) atoms. The lowest BCUT2D eigenvalue weighted by Gasteiger charge is -2.20. The summed E-state index contributed by atoms with van der Waals surface area (Å²) in [5.41, 5.74) is 1.62. The lowest BCUT2D eigenvalue weighted by molar-refractivity contribution is -0.0173. The summed E-state index contributed by atoms with van der Waals surface area (Å²) in [6, 6.07) is 2.94. The lowest BCUT2D eigenvalue weighted by atomic mass is 10.1. The van der Waals surface area contributed by atoms with Crippen molar-refractivity contribution in [2.75, 3.05) is 13.8 Å². The average molecular weight is 197 g/mol. The number of halogens is 1. The van der Waals surface area contributed by atoms with Gasteiger partial charge >= 0.3 is 0 Å². The molecule has 3 nitrogen and oxygen atoms in total. The first kappa shape index (κ1) is 9.43. The first-order chi connectivity index (χ1) is 6.81. The first-order valence-corrected chi connectivity index (χ1v) is 4.47. The van der Waals surface area contributed by atoms with E-state index in [1.54, 1.807) is 0 Å². The minimum atomic E-state index is -0.247. The fourth-order valence-electron chi connectivity index (χ4n) is 1.58. The van der Waals surface area contributed by atoms with Gasteiger partial charge in [0, 0.05) is 17.7 Å². The van der Waals surface area contributed by atoms with Crippen LogP contribution in [0.2, 0.25) is 0 Å². The van der Waals surface area contributed by atoms with Gasteiger partial charge in [-0.1, -0.05) is 0 Å². The minimum Gasteiger partial charge on any atom is -0.467 e. The monoisotopic (exact) mass is 197 g/mol. The summed E-state index contributed by atoms with van der Waals surface area (Å²) in [6.07, 6.45) is 0. The summed E-state index contributed by atoms with van der Waals surface area (Å²) in [7, 11) is 1.82. The molecule has 1 aliphatic heterocycles. The highest BCUT2D eigenvalue weighted by molar-refractivity contribution is 5.42. The van der Waals surface area contributed by atoms with Crippen LogP contribution in [0.5, 0.6) is 5.75 Å². The van der Waals surface area contributed by atoms with Crippen LogP contribution >= 0.6 is 0 Å². The van der Waals surface area contributed by atoms with Crippen molar-refractivity contribution >= 4 is 0 Å². The Balaban J connectivity index is 2.41. The van der Waals surface area contributed by atoms with Crippen molar-refractivity contribution in [1.82, 2.24) is 5.32 Å². The maximum atomic E-state index is 13.1. The largest absolute Gasteiger partial charge is 0.467 e. The zero-order chi connectivity index (χ0) is 9.97. The van der Waals surface area contributed by atoms with Gasteiger partial charge in [-0.15, -0.1) is 0 Å². The van der Waals surface area contributed by atoms with E-state index in [1.807, 2.05) is 7.05 Å². The van der Waals surface area contributed by atoms with Gasteiger partial charge in [-0.3, -0.25) is 0 Å². The Bertz CT molecular complexity index is 341. The van der Waals surface area contributed by atoms with Crippen molar-refractivity contribution in [1.29, 1.82) is 0 Å². The Kier molecular flexibility index (Phi) is 2.65. The molecule has 0 spiro atoms. The average Bonchev–Trinajstić information content (AvgIpc) is 2.18. The molecule has 1 heterocycles. The molecule has 0 bridgehead atoms. The molecule has 1 aromatic rings. The van der Waals surface area contributed by atoms with E-state index in [9.17, 15) is 4.39 Å². The van der Waals surface area contributed by atoms with E-state index in [4.69, 9.17) is 9.47 Å². The molecule has 1 aliphatic rings. The molecule has 0 unspecified atom stereocenters. The van der Waals surface area contributed by atoms with Crippen molar-refractivity contribution in [2.45, 2.75) is 13.2 Å². The third-order valence-corrected chi connectivity index (χ3v) is 2.12. The molecule has 0 saturated heterocycles. The molecule has 0 amide bonds. The Morgan fingerprint density at radius 2 is 2.36 bits per heavy atom. The molecule has 0 atom stereocenters. The Morgan fingerprint density at radius 3 is 3.14 bits per heavy atom. The second kappa shape index (κ2) is 3.94. The number of rotatable bonds is 2. The molecule has 0 radical (unpaired) electrons. The van der Waals surface area contributed by atoms with Gasteiger partial charge in [0.15, 0.2) is 6.79 Å². The quantitative estimate of drug-likeness (QED) is 0.777. The van der Waals surface area contributed by atoms with E-state index >= 15 is 0 Å². The van der Waals surface area contributed by atoms with E-state index in [2.05, 4.69) is 5.32 Å². The number of benzene rings is 1. The minimum absolute atomic E-state index is 0.245. The standard InChI is InChI=1S/C10H12FNO2/c1-12-4-7-2-9(11)3-8-5-13-6-14-10(7)8/h2-3,12H,4-6H2,1H3. The molecular weight excluding hydrogens is 185 g/mol. The molecule has 2 rings (SSSR count). The van der Waals surface area contributed by atoms with Crippen LogP contribution in [0, 0.1) is 5.82 Å². The summed E-state index contributed by atoms with van der Waals surface area (Å²) >= 11 is 0. The van der Waals surface area contributed by atoms with E-state index in [0.29, 0.717) is 13.2 Å². The van der Waals surface area contributed by atoms with Crippen molar-refractivity contribution in [3.63, 3.8) is 0 Å². The SMILES string of the molecule is CNCc1cc(F)cc2c1OCOC2. The van der Waals surface area contributed by atoms with Crippen molar-refractivity contribution in [2.24, 2.45) is 0 Å². The maximum absolute atomic E-state index is 13.1. The number of fused-ring (bicyclic) bond motifs is 1. The lowest BCUT2D eigenvalue weighted by Crippen LogP contribution is -2.16. The normalized spacial score (nSPS) is 14.7. The molecule has 1 N–H and O–H groups in total. The van der Waals surface area contributed by atoms with Crippen LogP contribution in [0.3, 0.4) is 0 Å². The van der Waals surface area contributed by atoms with E-state index in [-0.39, 0.29) is 12.6 Å². The van der Waals surface area contributed by atoms with Crippen molar-refractivity contribution < 1.29 is 13.9 Å². The zero-order valence-electron chi connectivity index (χ0n) is 7.97. The third-order valence-electron chi connectivity index (χ3n) is 2.12. The third kappa shape index (κ3) is 1.71. The molecule has 1 aromatic carbocycles. The summed E-state index contributed by atoms with van der Waals surface area (Å²) < 4.78 is 23.5. The van der Waals surface area contributed by atoms with Gasteiger partial charge in [0.25, 0.3) is 0 Å². The smallest absolute Gasteiger partial charge is 0.189 e. The topological polar surface area (TPSA) is 30.5 Å². The Hall–Kier alpha value is -1.13. The number of hydrogen-bond donors (Lipinski definition) is 1. The van der Waals surface area contributed by atoms with Crippen molar-refractivity contribution in [3.8, 4) is 5.75 Å². The van der Waals surface area contributed by atoms with E-state index in [1.165, 1.54) is 12.1 Å². The highest BCUT2D eigenvalue weighted by Gasteiger charge is 2.16. The van der Waals surface area contributed by atoms with Gasteiger partial charge in [-0.25, -0.2) is 4.39 Å². The van der Waals surface area contributed by atoms with Crippen LogP contribution in [0.1, 0.15) is 11.1 Å². The predicted molar refractivity (Wildman–Crippen MR) is 49.4 cm³/mol. The van der Waals surface area contributed by atoms with Crippen LogP contribution in [-0.4, -0.2) is 13.8 Å². The van der Waals surface area contributed by atoms with E-state index in [0.717, 1.165) is 16.9 Å². The molecule has 4 heteroatoms. The summed E-state index contributed by atoms with van der Waals surface area (Å²) in [6.45, 7) is 1.26. The van der Waals surface area contributed by atoms with Gasteiger partial charge in [-0.05, 0) is 19.2 Å². The predicted octanol–water partition coefficient (Wildman–Crippen LogP) is 1.41. The van der Waals surface area contributed by atoms with Crippen LogP contribution in [-0.2, 0) is 17.9 Å². The molecule has 0 aliphatic carbocycles. The summed E-state index contributed by atoms with van der Waals surface area (Å²) in [4.78, 5) is 0. The molecule has 76 valence electrons. The second-order valence-corrected chi connectivity index (χ2v) is 3.19. The zero-order valence-corrected chi connectivity index (χ0v) is 7.97. The van der Waals surface area contributed by atoms with Crippen LogP contribution in [0.25, 0.3) is 0 Å². The van der Waals surface area contributed by atoms with Gasteiger partial charge in [0.05, 0.1) is 6.61 Å². The molecule has 0 saturated carbocycles. The fraction of sp³-hybridized carbons (Fsp3) is 0.400. The highest BCUT2D eigenvalue weighted by atomic mass is 19.1.